The SMILES string of the molecule is CCN(CCCOC(C)C)CCC(=O)O. The molecule has 0 aromatic heterocycles. The highest BCUT2D eigenvalue weighted by atomic mass is 16.5. The Morgan fingerprint density at radius 1 is 1.40 bits per heavy atom. The lowest BCUT2D eigenvalue weighted by Crippen LogP contribution is -2.28. The molecule has 4 nitrogen and oxygen atoms in total. The first-order chi connectivity index (χ1) is 7.06. The summed E-state index contributed by atoms with van der Waals surface area (Å²) in [5.41, 5.74) is 0. The van der Waals surface area contributed by atoms with Crippen LogP contribution in [-0.4, -0.2) is 48.3 Å². The van der Waals surface area contributed by atoms with Crippen molar-refractivity contribution in [3.05, 3.63) is 0 Å². The Hall–Kier alpha value is -0.610. The Morgan fingerprint density at radius 2 is 2.07 bits per heavy atom. The van der Waals surface area contributed by atoms with Gasteiger partial charge in [-0.05, 0) is 26.8 Å². The van der Waals surface area contributed by atoms with Gasteiger partial charge in [0.25, 0.3) is 0 Å². The number of hydrogen-bond donors (Lipinski definition) is 1. The summed E-state index contributed by atoms with van der Waals surface area (Å²) in [4.78, 5) is 12.5. The van der Waals surface area contributed by atoms with Gasteiger partial charge in [0, 0.05) is 19.7 Å². The third-order valence-corrected chi connectivity index (χ3v) is 2.16. The highest BCUT2D eigenvalue weighted by molar-refractivity contribution is 5.66. The molecule has 0 aromatic carbocycles. The summed E-state index contributed by atoms with van der Waals surface area (Å²) in [5, 5.41) is 8.55. The van der Waals surface area contributed by atoms with Crippen LogP contribution >= 0.6 is 0 Å². The molecule has 0 radical (unpaired) electrons. The van der Waals surface area contributed by atoms with E-state index in [-0.39, 0.29) is 12.5 Å². The first-order valence-corrected chi connectivity index (χ1v) is 5.62. The van der Waals surface area contributed by atoms with Crippen molar-refractivity contribution >= 4 is 5.97 Å². The fourth-order valence-corrected chi connectivity index (χ4v) is 1.29. The highest BCUT2D eigenvalue weighted by Crippen LogP contribution is 1.96. The number of rotatable bonds is 9. The maximum absolute atomic E-state index is 10.4. The number of carbonyl (C=O) groups is 1. The maximum atomic E-state index is 10.4. The van der Waals surface area contributed by atoms with Crippen LogP contribution in [0.25, 0.3) is 0 Å². The molecule has 0 aromatic rings. The zero-order valence-corrected chi connectivity index (χ0v) is 10.0. The largest absolute Gasteiger partial charge is 0.481 e. The van der Waals surface area contributed by atoms with Crippen molar-refractivity contribution in [2.75, 3.05) is 26.2 Å². The molecule has 0 heterocycles. The molecule has 0 saturated heterocycles. The predicted octanol–water partition coefficient (Wildman–Crippen LogP) is 1.60. The Balaban J connectivity index is 3.48. The molecule has 0 rings (SSSR count). The standard InChI is InChI=1S/C11H23NO3/c1-4-12(8-6-11(13)14)7-5-9-15-10(2)3/h10H,4-9H2,1-3H3,(H,13,14). The van der Waals surface area contributed by atoms with E-state index in [0.29, 0.717) is 6.54 Å². The van der Waals surface area contributed by atoms with Gasteiger partial charge >= 0.3 is 5.97 Å². The quantitative estimate of drug-likeness (QED) is 0.596. The lowest BCUT2D eigenvalue weighted by atomic mass is 10.3. The van der Waals surface area contributed by atoms with Crippen LogP contribution in [0.2, 0.25) is 0 Å². The number of aliphatic carboxylic acids is 1. The molecule has 0 bridgehead atoms. The van der Waals surface area contributed by atoms with Gasteiger partial charge < -0.3 is 14.7 Å². The Bertz CT molecular complexity index is 171. The second kappa shape index (κ2) is 8.68. The van der Waals surface area contributed by atoms with E-state index in [2.05, 4.69) is 4.90 Å². The number of nitrogens with zero attached hydrogens (tertiary/aromatic N) is 1. The molecular weight excluding hydrogens is 194 g/mol. The molecule has 0 aliphatic carbocycles. The maximum Gasteiger partial charge on any atom is 0.304 e. The molecule has 0 aliphatic heterocycles. The second-order valence-corrected chi connectivity index (χ2v) is 3.85. The average Bonchev–Trinajstić information content (AvgIpc) is 2.16. The molecule has 15 heavy (non-hydrogen) atoms. The molecule has 0 saturated carbocycles. The van der Waals surface area contributed by atoms with Gasteiger partial charge in [-0.25, -0.2) is 0 Å². The van der Waals surface area contributed by atoms with Crippen LogP contribution < -0.4 is 0 Å². The molecule has 0 amide bonds. The molecule has 0 spiro atoms. The number of carboxylic acids is 1. The fraction of sp³-hybridized carbons (Fsp3) is 0.909. The van der Waals surface area contributed by atoms with Gasteiger partial charge in [0.1, 0.15) is 0 Å². The lowest BCUT2D eigenvalue weighted by Gasteiger charge is -2.19. The summed E-state index contributed by atoms with van der Waals surface area (Å²) in [6.07, 6.45) is 1.46. The van der Waals surface area contributed by atoms with E-state index in [1.807, 2.05) is 20.8 Å². The highest BCUT2D eigenvalue weighted by Gasteiger charge is 2.05. The summed E-state index contributed by atoms with van der Waals surface area (Å²) in [6.45, 7) is 9.27. The Kier molecular flexibility index (Phi) is 8.33. The van der Waals surface area contributed by atoms with Crippen LogP contribution in [0.15, 0.2) is 0 Å². The van der Waals surface area contributed by atoms with Crippen molar-refractivity contribution in [2.24, 2.45) is 0 Å². The van der Waals surface area contributed by atoms with E-state index in [1.165, 1.54) is 0 Å². The van der Waals surface area contributed by atoms with Crippen molar-refractivity contribution < 1.29 is 14.6 Å². The fourth-order valence-electron chi connectivity index (χ4n) is 1.29. The zero-order valence-electron chi connectivity index (χ0n) is 10.0. The summed E-state index contributed by atoms with van der Waals surface area (Å²) >= 11 is 0. The number of ether oxygens (including phenoxy) is 1. The molecule has 1 N–H and O–H groups in total. The van der Waals surface area contributed by atoms with Crippen molar-refractivity contribution in [1.29, 1.82) is 0 Å². The average molecular weight is 217 g/mol. The topological polar surface area (TPSA) is 49.8 Å². The monoisotopic (exact) mass is 217 g/mol. The minimum atomic E-state index is -0.730. The molecule has 0 atom stereocenters. The normalized spacial score (nSPS) is 11.3. The van der Waals surface area contributed by atoms with Gasteiger partial charge in [0.05, 0.1) is 12.5 Å². The number of hydrogen-bond acceptors (Lipinski definition) is 3. The summed E-state index contributed by atoms with van der Waals surface area (Å²) in [7, 11) is 0. The first kappa shape index (κ1) is 14.4. The van der Waals surface area contributed by atoms with E-state index in [1.54, 1.807) is 0 Å². The van der Waals surface area contributed by atoms with E-state index in [0.717, 1.165) is 26.1 Å². The third kappa shape index (κ3) is 9.69. The molecule has 0 aliphatic rings. The van der Waals surface area contributed by atoms with Crippen LogP contribution in [0.1, 0.15) is 33.6 Å². The molecule has 90 valence electrons. The minimum Gasteiger partial charge on any atom is -0.481 e. The number of carboxylic acid groups (broad SMARTS) is 1. The van der Waals surface area contributed by atoms with Gasteiger partial charge in [-0.3, -0.25) is 4.79 Å². The van der Waals surface area contributed by atoms with Crippen LogP contribution in [-0.2, 0) is 9.53 Å². The van der Waals surface area contributed by atoms with E-state index in [4.69, 9.17) is 9.84 Å². The first-order valence-electron chi connectivity index (χ1n) is 5.62. The van der Waals surface area contributed by atoms with E-state index in [9.17, 15) is 4.79 Å². The van der Waals surface area contributed by atoms with Crippen LogP contribution in [0.5, 0.6) is 0 Å². The lowest BCUT2D eigenvalue weighted by molar-refractivity contribution is -0.137. The Labute approximate surface area is 92.2 Å². The van der Waals surface area contributed by atoms with Crippen molar-refractivity contribution in [1.82, 2.24) is 4.90 Å². The third-order valence-electron chi connectivity index (χ3n) is 2.16. The van der Waals surface area contributed by atoms with Crippen LogP contribution in [0.3, 0.4) is 0 Å². The molecule has 0 unspecified atom stereocenters. The summed E-state index contributed by atoms with van der Waals surface area (Å²) in [6, 6.07) is 0. The van der Waals surface area contributed by atoms with Gasteiger partial charge in [-0.15, -0.1) is 0 Å². The van der Waals surface area contributed by atoms with E-state index >= 15 is 0 Å². The predicted molar refractivity (Wildman–Crippen MR) is 60.1 cm³/mol. The Morgan fingerprint density at radius 3 is 2.53 bits per heavy atom. The van der Waals surface area contributed by atoms with E-state index < -0.39 is 5.97 Å². The summed E-state index contributed by atoms with van der Waals surface area (Å²) in [5.74, 6) is -0.730. The zero-order chi connectivity index (χ0) is 11.7. The van der Waals surface area contributed by atoms with Gasteiger partial charge in [0.2, 0.25) is 0 Å². The van der Waals surface area contributed by atoms with Crippen LogP contribution in [0.4, 0.5) is 0 Å². The smallest absolute Gasteiger partial charge is 0.304 e. The van der Waals surface area contributed by atoms with Crippen molar-refractivity contribution in [3.8, 4) is 0 Å². The molecule has 4 heteroatoms. The van der Waals surface area contributed by atoms with Gasteiger partial charge in [-0.1, -0.05) is 6.92 Å². The van der Waals surface area contributed by atoms with Gasteiger partial charge in [-0.2, -0.15) is 0 Å². The van der Waals surface area contributed by atoms with Crippen molar-refractivity contribution in [3.63, 3.8) is 0 Å². The van der Waals surface area contributed by atoms with Gasteiger partial charge in [0.15, 0.2) is 0 Å². The molecular formula is C11H23NO3. The molecule has 0 fully saturated rings. The minimum absolute atomic E-state index is 0.221. The summed E-state index contributed by atoms with van der Waals surface area (Å²) < 4.78 is 5.42. The van der Waals surface area contributed by atoms with Crippen molar-refractivity contribution in [2.45, 2.75) is 39.7 Å². The van der Waals surface area contributed by atoms with Crippen LogP contribution in [0, 0.1) is 0 Å². The second-order valence-electron chi connectivity index (χ2n) is 3.85.